The molecule has 23 heavy (non-hydrogen) atoms. The smallest absolute Gasteiger partial charge is 0.235 e. The van der Waals surface area contributed by atoms with Crippen LogP contribution in [0.5, 0.6) is 0 Å². The number of nitrogens with zero attached hydrogens (tertiary/aromatic N) is 2. The van der Waals surface area contributed by atoms with Crippen molar-refractivity contribution in [3.8, 4) is 23.2 Å². The van der Waals surface area contributed by atoms with Crippen molar-refractivity contribution in [1.82, 2.24) is 9.97 Å². The van der Waals surface area contributed by atoms with Crippen LogP contribution in [0.1, 0.15) is 37.3 Å². The molecular weight excluding hydrogens is 308 g/mol. The fourth-order valence-corrected chi connectivity index (χ4v) is 1.86. The van der Waals surface area contributed by atoms with E-state index in [1.54, 1.807) is 0 Å². The summed E-state index contributed by atoms with van der Waals surface area (Å²) in [4.78, 5) is 8.04. The maximum absolute atomic E-state index is 13.6. The number of benzene rings is 1. The van der Waals surface area contributed by atoms with E-state index in [4.69, 9.17) is 0 Å². The monoisotopic (exact) mass is 322 g/mol. The molecule has 1 aromatic carbocycles. The van der Waals surface area contributed by atoms with Gasteiger partial charge in [-0.15, -0.1) is 0 Å². The van der Waals surface area contributed by atoms with E-state index in [-0.39, 0.29) is 11.4 Å². The van der Waals surface area contributed by atoms with Gasteiger partial charge in [0.2, 0.25) is 0 Å². The molecule has 1 aromatic heterocycles. The van der Waals surface area contributed by atoms with Crippen molar-refractivity contribution >= 4 is 0 Å². The number of hydrogen-bond donors (Lipinski definition) is 0. The molecule has 0 saturated heterocycles. The third kappa shape index (κ3) is 4.52. The van der Waals surface area contributed by atoms with Gasteiger partial charge in [-0.25, -0.2) is 14.4 Å². The molecule has 0 bridgehead atoms. The second-order valence-electron chi connectivity index (χ2n) is 4.89. The standard InChI is InChI=1S/C17H14F4N2/c1-2-3-4-5-6-12-10-22-16(23-11-12)13-7-8-14(15(18)9-13)17(19,20)21/h7-11H,2-4H2,1H3. The minimum absolute atomic E-state index is 0.150. The minimum atomic E-state index is -4.72. The maximum Gasteiger partial charge on any atom is 0.419 e. The Balaban J connectivity index is 2.19. The maximum atomic E-state index is 13.6. The van der Waals surface area contributed by atoms with E-state index in [1.165, 1.54) is 12.4 Å². The van der Waals surface area contributed by atoms with Crippen LogP contribution < -0.4 is 0 Å². The van der Waals surface area contributed by atoms with Crippen molar-refractivity contribution in [3.05, 3.63) is 47.5 Å². The van der Waals surface area contributed by atoms with Crippen LogP contribution in [0.25, 0.3) is 11.4 Å². The van der Waals surface area contributed by atoms with E-state index in [1.807, 2.05) is 0 Å². The third-order valence-corrected chi connectivity index (χ3v) is 3.07. The van der Waals surface area contributed by atoms with Gasteiger partial charge in [-0.3, -0.25) is 0 Å². The second-order valence-corrected chi connectivity index (χ2v) is 4.89. The second kappa shape index (κ2) is 7.23. The van der Waals surface area contributed by atoms with Gasteiger partial charge in [-0.2, -0.15) is 13.2 Å². The number of hydrogen-bond acceptors (Lipinski definition) is 2. The molecule has 0 aliphatic rings. The molecule has 0 spiro atoms. The molecule has 0 unspecified atom stereocenters. The van der Waals surface area contributed by atoms with Crippen LogP contribution >= 0.6 is 0 Å². The molecule has 0 aliphatic carbocycles. The molecule has 120 valence electrons. The fourth-order valence-electron chi connectivity index (χ4n) is 1.86. The number of alkyl halides is 3. The van der Waals surface area contributed by atoms with E-state index in [9.17, 15) is 17.6 Å². The Morgan fingerprint density at radius 2 is 1.83 bits per heavy atom. The topological polar surface area (TPSA) is 25.8 Å². The van der Waals surface area contributed by atoms with Crippen LogP contribution in [0.15, 0.2) is 30.6 Å². The number of halogens is 4. The Hall–Kier alpha value is -2.42. The van der Waals surface area contributed by atoms with E-state index in [2.05, 4.69) is 28.7 Å². The van der Waals surface area contributed by atoms with Gasteiger partial charge >= 0.3 is 6.18 Å². The van der Waals surface area contributed by atoms with Crippen LogP contribution in [0.2, 0.25) is 0 Å². The first-order valence-corrected chi connectivity index (χ1v) is 7.10. The molecule has 2 nitrogen and oxygen atoms in total. The zero-order chi connectivity index (χ0) is 16.9. The van der Waals surface area contributed by atoms with Crippen molar-refractivity contribution < 1.29 is 17.6 Å². The third-order valence-electron chi connectivity index (χ3n) is 3.07. The van der Waals surface area contributed by atoms with Gasteiger partial charge in [-0.05, 0) is 18.6 Å². The number of aromatic nitrogens is 2. The molecule has 0 atom stereocenters. The lowest BCUT2D eigenvalue weighted by Crippen LogP contribution is -2.08. The first kappa shape index (κ1) is 16.9. The van der Waals surface area contributed by atoms with Gasteiger partial charge in [0.05, 0.1) is 11.1 Å². The Kier molecular flexibility index (Phi) is 5.32. The summed E-state index contributed by atoms with van der Waals surface area (Å²) in [7, 11) is 0. The zero-order valence-corrected chi connectivity index (χ0v) is 12.4. The molecule has 2 rings (SSSR count). The zero-order valence-electron chi connectivity index (χ0n) is 12.4. The van der Waals surface area contributed by atoms with Gasteiger partial charge < -0.3 is 0 Å². The van der Waals surface area contributed by atoms with Gasteiger partial charge in [-0.1, -0.05) is 31.3 Å². The van der Waals surface area contributed by atoms with Crippen LogP contribution in [0.3, 0.4) is 0 Å². The predicted molar refractivity (Wildman–Crippen MR) is 78.8 cm³/mol. The number of rotatable bonds is 3. The lowest BCUT2D eigenvalue weighted by atomic mass is 10.1. The van der Waals surface area contributed by atoms with Crippen LogP contribution in [-0.4, -0.2) is 9.97 Å². The molecule has 0 saturated carbocycles. The summed E-state index contributed by atoms with van der Waals surface area (Å²) in [6, 6.07) is 2.62. The lowest BCUT2D eigenvalue weighted by molar-refractivity contribution is -0.139. The quantitative estimate of drug-likeness (QED) is 0.459. The highest BCUT2D eigenvalue weighted by Gasteiger charge is 2.34. The van der Waals surface area contributed by atoms with Crippen LogP contribution in [-0.2, 0) is 6.18 Å². The van der Waals surface area contributed by atoms with Crippen molar-refractivity contribution in [1.29, 1.82) is 0 Å². The molecule has 6 heteroatoms. The van der Waals surface area contributed by atoms with Gasteiger partial charge in [0, 0.05) is 24.4 Å². The number of unbranched alkanes of at least 4 members (excludes halogenated alkanes) is 2. The Bertz CT molecular complexity index is 725. The SMILES string of the molecule is CCCCC#Cc1cnc(-c2ccc(C(F)(F)F)c(F)c2)nc1. The average Bonchev–Trinajstić information content (AvgIpc) is 2.51. The van der Waals surface area contributed by atoms with E-state index in [0.717, 1.165) is 31.4 Å². The van der Waals surface area contributed by atoms with Crippen molar-refractivity contribution in [2.24, 2.45) is 0 Å². The summed E-state index contributed by atoms with van der Waals surface area (Å²) >= 11 is 0. The Morgan fingerprint density at radius 1 is 1.13 bits per heavy atom. The summed E-state index contributed by atoms with van der Waals surface area (Å²) in [5, 5.41) is 0. The van der Waals surface area contributed by atoms with Crippen molar-refractivity contribution in [2.45, 2.75) is 32.4 Å². The lowest BCUT2D eigenvalue weighted by Gasteiger charge is -2.08. The predicted octanol–water partition coefficient (Wildman–Crippen LogP) is 4.84. The van der Waals surface area contributed by atoms with E-state index < -0.39 is 17.6 Å². The largest absolute Gasteiger partial charge is 0.419 e. The summed E-state index contributed by atoms with van der Waals surface area (Å²) in [5.74, 6) is 4.69. The molecule has 0 aliphatic heterocycles. The molecule has 0 amide bonds. The van der Waals surface area contributed by atoms with E-state index in [0.29, 0.717) is 11.6 Å². The molecule has 0 N–H and O–H groups in total. The highest BCUT2D eigenvalue weighted by atomic mass is 19.4. The Labute approximate surface area is 131 Å². The fraction of sp³-hybridized carbons (Fsp3) is 0.294. The van der Waals surface area contributed by atoms with Crippen molar-refractivity contribution in [3.63, 3.8) is 0 Å². The summed E-state index contributed by atoms with van der Waals surface area (Å²) in [5.41, 5.74) is -0.516. The van der Waals surface area contributed by atoms with Crippen molar-refractivity contribution in [2.75, 3.05) is 0 Å². The average molecular weight is 322 g/mol. The first-order valence-electron chi connectivity index (χ1n) is 7.10. The molecule has 0 fully saturated rings. The highest BCUT2D eigenvalue weighted by Crippen LogP contribution is 2.32. The molecule has 2 aromatic rings. The van der Waals surface area contributed by atoms with Gasteiger partial charge in [0.25, 0.3) is 0 Å². The van der Waals surface area contributed by atoms with Crippen LogP contribution in [0, 0.1) is 17.7 Å². The minimum Gasteiger partial charge on any atom is -0.235 e. The molecular formula is C17H14F4N2. The molecule has 1 heterocycles. The highest BCUT2D eigenvalue weighted by molar-refractivity contribution is 5.56. The Morgan fingerprint density at radius 3 is 2.39 bits per heavy atom. The normalized spacial score (nSPS) is 11.0. The molecule has 0 radical (unpaired) electrons. The summed E-state index contributed by atoms with van der Waals surface area (Å²) in [6.45, 7) is 2.07. The summed E-state index contributed by atoms with van der Waals surface area (Å²) < 4.78 is 51.1. The van der Waals surface area contributed by atoms with Crippen LogP contribution in [0.4, 0.5) is 17.6 Å². The van der Waals surface area contributed by atoms with Gasteiger partial charge in [0.1, 0.15) is 5.82 Å². The summed E-state index contributed by atoms with van der Waals surface area (Å²) in [6.07, 6.45) is 1.07. The first-order chi connectivity index (χ1) is 10.9. The van der Waals surface area contributed by atoms with E-state index >= 15 is 0 Å². The van der Waals surface area contributed by atoms with Gasteiger partial charge in [0.15, 0.2) is 5.82 Å².